The minimum atomic E-state index is -0.855. The Morgan fingerprint density at radius 1 is 1.60 bits per heavy atom. The molecule has 0 spiro atoms. The zero-order valence-electron chi connectivity index (χ0n) is 8.43. The molecule has 0 amide bonds. The number of rotatable bonds is 2. The topological polar surface area (TPSA) is 72.5 Å². The highest BCUT2D eigenvalue weighted by Crippen LogP contribution is 2.34. The largest absolute Gasteiger partial charge is 0.497 e. The first-order chi connectivity index (χ1) is 7.13. The minimum absolute atomic E-state index is 0.329. The normalized spacial score (nSPS) is 23.6. The molecule has 1 aromatic rings. The summed E-state index contributed by atoms with van der Waals surface area (Å²) < 4.78 is 5.08. The molecule has 4 heteroatoms. The average Bonchev–Trinajstić information content (AvgIpc) is 2.52. The van der Waals surface area contributed by atoms with Crippen LogP contribution in [0.25, 0.3) is 0 Å². The highest BCUT2D eigenvalue weighted by molar-refractivity contribution is 5.79. The maximum atomic E-state index is 11.0. The van der Waals surface area contributed by atoms with E-state index in [0.717, 1.165) is 16.9 Å². The lowest BCUT2D eigenvalue weighted by Gasteiger charge is -2.10. The third-order valence-electron chi connectivity index (χ3n) is 2.84. The summed E-state index contributed by atoms with van der Waals surface area (Å²) in [7, 11) is 1.59. The second kappa shape index (κ2) is 3.55. The van der Waals surface area contributed by atoms with Gasteiger partial charge in [-0.15, -0.1) is 0 Å². The van der Waals surface area contributed by atoms with Crippen LogP contribution < -0.4 is 10.5 Å². The van der Waals surface area contributed by atoms with Crippen LogP contribution in [0.3, 0.4) is 0 Å². The second-order valence-corrected chi connectivity index (χ2v) is 3.75. The molecular weight excluding hydrogens is 194 g/mol. The van der Waals surface area contributed by atoms with Crippen molar-refractivity contribution >= 4 is 5.97 Å². The molecule has 0 aliphatic heterocycles. The fourth-order valence-electron chi connectivity index (χ4n) is 2.11. The van der Waals surface area contributed by atoms with Gasteiger partial charge in [-0.1, -0.05) is 6.07 Å². The van der Waals surface area contributed by atoms with E-state index >= 15 is 0 Å². The molecule has 0 radical (unpaired) electrons. The van der Waals surface area contributed by atoms with Crippen molar-refractivity contribution in [1.82, 2.24) is 0 Å². The average molecular weight is 207 g/mol. The zero-order chi connectivity index (χ0) is 11.0. The van der Waals surface area contributed by atoms with E-state index in [9.17, 15) is 4.79 Å². The molecule has 0 heterocycles. The smallest absolute Gasteiger partial charge is 0.312 e. The number of carbonyl (C=O) groups is 1. The van der Waals surface area contributed by atoms with Gasteiger partial charge in [0.25, 0.3) is 0 Å². The molecule has 4 nitrogen and oxygen atoms in total. The van der Waals surface area contributed by atoms with Crippen molar-refractivity contribution in [2.75, 3.05) is 7.11 Å². The zero-order valence-corrected chi connectivity index (χ0v) is 8.43. The van der Waals surface area contributed by atoms with Crippen molar-refractivity contribution in [3.8, 4) is 5.75 Å². The van der Waals surface area contributed by atoms with Gasteiger partial charge in [0, 0.05) is 6.04 Å². The molecule has 80 valence electrons. The van der Waals surface area contributed by atoms with E-state index in [0.29, 0.717) is 6.42 Å². The molecule has 3 N–H and O–H groups in total. The fraction of sp³-hybridized carbons (Fsp3) is 0.364. The molecule has 1 aliphatic rings. The van der Waals surface area contributed by atoms with Gasteiger partial charge in [0.05, 0.1) is 13.0 Å². The van der Waals surface area contributed by atoms with Crippen molar-refractivity contribution in [2.45, 2.75) is 18.4 Å². The number of carboxylic acid groups (broad SMARTS) is 1. The first-order valence-corrected chi connectivity index (χ1v) is 4.78. The van der Waals surface area contributed by atoms with Gasteiger partial charge in [-0.2, -0.15) is 0 Å². The molecule has 0 aromatic heterocycles. The molecule has 1 aromatic carbocycles. The lowest BCUT2D eigenvalue weighted by molar-refractivity contribution is -0.139. The summed E-state index contributed by atoms with van der Waals surface area (Å²) in [5, 5.41) is 9.05. The molecule has 2 atom stereocenters. The number of aliphatic carboxylic acids is 1. The molecule has 0 fully saturated rings. The molecular formula is C11H13NO3. The van der Waals surface area contributed by atoms with Crippen molar-refractivity contribution in [1.29, 1.82) is 0 Å². The van der Waals surface area contributed by atoms with Crippen LogP contribution in [0.2, 0.25) is 0 Å². The molecule has 0 bridgehead atoms. The predicted octanol–water partition coefficient (Wildman–Crippen LogP) is 0.747. The molecule has 0 saturated heterocycles. The Morgan fingerprint density at radius 3 is 2.93 bits per heavy atom. The van der Waals surface area contributed by atoms with Crippen LogP contribution in [0.15, 0.2) is 18.2 Å². The van der Waals surface area contributed by atoms with Gasteiger partial charge in [0.1, 0.15) is 5.75 Å². The van der Waals surface area contributed by atoms with E-state index in [1.54, 1.807) is 19.2 Å². The summed E-state index contributed by atoms with van der Waals surface area (Å²) in [5.74, 6) is -0.690. The van der Waals surface area contributed by atoms with E-state index in [-0.39, 0.29) is 6.04 Å². The number of fused-ring (bicyclic) bond motifs is 1. The van der Waals surface area contributed by atoms with Crippen LogP contribution >= 0.6 is 0 Å². The van der Waals surface area contributed by atoms with Crippen molar-refractivity contribution in [3.05, 3.63) is 29.3 Å². The molecule has 2 unspecified atom stereocenters. The Labute approximate surface area is 87.7 Å². The fourth-order valence-corrected chi connectivity index (χ4v) is 2.11. The Hall–Kier alpha value is -1.55. The maximum Gasteiger partial charge on any atom is 0.312 e. The molecule has 2 rings (SSSR count). The van der Waals surface area contributed by atoms with Crippen LogP contribution in [0.1, 0.15) is 17.0 Å². The highest BCUT2D eigenvalue weighted by atomic mass is 16.5. The number of hydrogen-bond donors (Lipinski definition) is 2. The second-order valence-electron chi connectivity index (χ2n) is 3.75. The lowest BCUT2D eigenvalue weighted by atomic mass is 9.99. The standard InChI is InChI=1S/C11H13NO3/c1-15-7-2-3-8-6(4-7)5-9(12)10(8)11(13)14/h2-4,9-10H,5,12H2,1H3,(H,13,14). The first kappa shape index (κ1) is 9.98. The van der Waals surface area contributed by atoms with Crippen molar-refractivity contribution in [2.24, 2.45) is 5.73 Å². The number of benzene rings is 1. The Balaban J connectivity index is 2.43. The van der Waals surface area contributed by atoms with Crippen molar-refractivity contribution in [3.63, 3.8) is 0 Å². The summed E-state index contributed by atoms with van der Waals surface area (Å²) in [4.78, 5) is 11.0. The Kier molecular flexibility index (Phi) is 2.36. The minimum Gasteiger partial charge on any atom is -0.497 e. The van der Waals surface area contributed by atoms with E-state index in [1.807, 2.05) is 6.07 Å². The number of ether oxygens (including phenoxy) is 1. The number of carboxylic acids is 1. The predicted molar refractivity (Wildman–Crippen MR) is 55.1 cm³/mol. The summed E-state index contributed by atoms with van der Waals surface area (Å²) in [5.41, 5.74) is 7.60. The van der Waals surface area contributed by atoms with Gasteiger partial charge >= 0.3 is 5.97 Å². The maximum absolute atomic E-state index is 11.0. The van der Waals surface area contributed by atoms with Gasteiger partial charge in [-0.25, -0.2) is 0 Å². The number of methoxy groups -OCH3 is 1. The van der Waals surface area contributed by atoms with Crippen LogP contribution in [-0.2, 0) is 11.2 Å². The lowest BCUT2D eigenvalue weighted by Crippen LogP contribution is -2.30. The quantitative estimate of drug-likeness (QED) is 0.750. The number of nitrogens with two attached hydrogens (primary N) is 1. The molecule has 0 saturated carbocycles. The summed E-state index contributed by atoms with van der Waals surface area (Å²) in [6.07, 6.45) is 0.601. The number of hydrogen-bond acceptors (Lipinski definition) is 3. The van der Waals surface area contributed by atoms with E-state index < -0.39 is 11.9 Å². The van der Waals surface area contributed by atoms with E-state index in [2.05, 4.69) is 0 Å². The van der Waals surface area contributed by atoms with E-state index in [1.165, 1.54) is 0 Å². The Bertz CT molecular complexity index is 403. The van der Waals surface area contributed by atoms with Gasteiger partial charge in [-0.3, -0.25) is 4.79 Å². The van der Waals surface area contributed by atoms with E-state index in [4.69, 9.17) is 15.6 Å². The summed E-state index contributed by atoms with van der Waals surface area (Å²) in [6.45, 7) is 0. The van der Waals surface area contributed by atoms with Crippen LogP contribution in [0.5, 0.6) is 5.75 Å². The molecule has 15 heavy (non-hydrogen) atoms. The van der Waals surface area contributed by atoms with Gasteiger partial charge in [-0.05, 0) is 29.7 Å². The summed E-state index contributed by atoms with van der Waals surface area (Å²) >= 11 is 0. The summed E-state index contributed by atoms with van der Waals surface area (Å²) in [6, 6.07) is 5.09. The molecule has 1 aliphatic carbocycles. The first-order valence-electron chi connectivity index (χ1n) is 4.78. The monoisotopic (exact) mass is 207 g/mol. The third kappa shape index (κ3) is 1.57. The van der Waals surface area contributed by atoms with Crippen LogP contribution in [-0.4, -0.2) is 24.2 Å². The SMILES string of the molecule is COc1ccc2c(c1)CC(N)C2C(=O)O. The van der Waals surface area contributed by atoms with Crippen molar-refractivity contribution < 1.29 is 14.6 Å². The third-order valence-corrected chi connectivity index (χ3v) is 2.84. The van der Waals surface area contributed by atoms with Crippen LogP contribution in [0, 0.1) is 0 Å². The van der Waals surface area contributed by atoms with Gasteiger partial charge in [0.15, 0.2) is 0 Å². The van der Waals surface area contributed by atoms with Gasteiger partial charge in [0.2, 0.25) is 0 Å². The van der Waals surface area contributed by atoms with Crippen LogP contribution in [0.4, 0.5) is 0 Å². The Morgan fingerprint density at radius 2 is 2.33 bits per heavy atom. The highest BCUT2D eigenvalue weighted by Gasteiger charge is 2.35. The van der Waals surface area contributed by atoms with Gasteiger partial charge < -0.3 is 15.6 Å².